The Hall–Kier alpha value is -2.89. The van der Waals surface area contributed by atoms with Crippen molar-refractivity contribution in [2.45, 2.75) is 134 Å². The molecule has 1 saturated heterocycles. The van der Waals surface area contributed by atoms with E-state index in [9.17, 15) is 30.3 Å². The van der Waals surface area contributed by atoms with Gasteiger partial charge in [-0.15, -0.1) is 0 Å². The Morgan fingerprint density at radius 2 is 1.20 bits per heavy atom. The lowest BCUT2D eigenvalue weighted by molar-refractivity contribution is -0.302. The molecule has 0 radical (unpaired) electrons. The van der Waals surface area contributed by atoms with Gasteiger partial charge in [0.25, 0.3) is 0 Å². The van der Waals surface area contributed by atoms with Gasteiger partial charge in [0.05, 0.1) is 25.4 Å². The average Bonchev–Trinajstić information content (AvgIpc) is 3.10. The minimum Gasteiger partial charge on any atom is -0.394 e. The lowest BCUT2D eigenvalue weighted by Gasteiger charge is -2.40. The molecule has 9 heteroatoms. The molecule has 1 fully saturated rings. The molecule has 1 rings (SSSR count). The SMILES string of the molecule is CC/C=C\C/C=C\C/C=C\C/C=C\C/C=C\C/C=C\CCC(=O)NC(COC1OC(CO)C(O)C(O)C1O)C(O)/C=C/CC/C=C/CCC. The monoisotopic (exact) mass is 685 g/mol. The Balaban J connectivity index is 2.49. The summed E-state index contributed by atoms with van der Waals surface area (Å²) in [6.07, 6.45) is 34.9. The highest BCUT2D eigenvalue weighted by Gasteiger charge is 2.44. The molecule has 0 saturated carbocycles. The number of carbonyl (C=O) groups excluding carboxylic acids is 1. The summed E-state index contributed by atoms with van der Waals surface area (Å²) < 4.78 is 11.0. The number of aliphatic hydroxyl groups is 5. The second-order valence-corrected chi connectivity index (χ2v) is 11.9. The van der Waals surface area contributed by atoms with Gasteiger partial charge in [0.15, 0.2) is 6.29 Å². The molecule has 1 amide bonds. The number of rotatable bonds is 26. The van der Waals surface area contributed by atoms with Crippen molar-refractivity contribution in [1.82, 2.24) is 5.32 Å². The van der Waals surface area contributed by atoms with Crippen molar-refractivity contribution in [3.05, 3.63) is 97.2 Å². The van der Waals surface area contributed by atoms with E-state index in [0.717, 1.165) is 57.8 Å². The first kappa shape index (κ1) is 44.1. The molecule has 1 aliphatic heterocycles. The number of aliphatic hydroxyl groups excluding tert-OH is 5. The Morgan fingerprint density at radius 3 is 1.76 bits per heavy atom. The first-order valence-electron chi connectivity index (χ1n) is 18.0. The van der Waals surface area contributed by atoms with Crippen molar-refractivity contribution >= 4 is 5.91 Å². The van der Waals surface area contributed by atoms with Crippen molar-refractivity contribution in [2.75, 3.05) is 13.2 Å². The molecule has 6 N–H and O–H groups in total. The summed E-state index contributed by atoms with van der Waals surface area (Å²) in [6.45, 7) is 3.43. The van der Waals surface area contributed by atoms with Gasteiger partial charge in [-0.3, -0.25) is 4.79 Å². The van der Waals surface area contributed by atoms with Gasteiger partial charge < -0.3 is 40.3 Å². The van der Waals surface area contributed by atoms with Gasteiger partial charge in [-0.05, 0) is 64.2 Å². The van der Waals surface area contributed by atoms with E-state index in [1.54, 1.807) is 6.08 Å². The Bertz CT molecular complexity index is 1070. The maximum absolute atomic E-state index is 12.8. The van der Waals surface area contributed by atoms with Crippen molar-refractivity contribution in [2.24, 2.45) is 0 Å². The highest BCUT2D eigenvalue weighted by Crippen LogP contribution is 2.22. The van der Waals surface area contributed by atoms with Gasteiger partial charge in [0.1, 0.15) is 24.4 Å². The topological polar surface area (TPSA) is 149 Å². The van der Waals surface area contributed by atoms with Crippen LogP contribution in [-0.4, -0.2) is 87.5 Å². The van der Waals surface area contributed by atoms with E-state index >= 15 is 0 Å². The van der Waals surface area contributed by atoms with Crippen LogP contribution in [0.15, 0.2) is 97.2 Å². The average molecular weight is 686 g/mol. The molecular formula is C40H63NO8. The third-order valence-corrected chi connectivity index (χ3v) is 7.64. The summed E-state index contributed by atoms with van der Waals surface area (Å²) in [7, 11) is 0. The lowest BCUT2D eigenvalue weighted by atomic mass is 9.99. The number of amides is 1. The molecule has 0 aromatic rings. The number of carbonyl (C=O) groups is 1. The van der Waals surface area contributed by atoms with E-state index in [-0.39, 0.29) is 18.9 Å². The summed E-state index contributed by atoms with van der Waals surface area (Å²) in [5.41, 5.74) is 0. The fourth-order valence-corrected chi connectivity index (χ4v) is 4.73. The minimum absolute atomic E-state index is 0.206. The second-order valence-electron chi connectivity index (χ2n) is 11.9. The van der Waals surface area contributed by atoms with E-state index in [0.29, 0.717) is 12.8 Å². The maximum atomic E-state index is 12.8. The molecule has 1 aliphatic rings. The summed E-state index contributed by atoms with van der Waals surface area (Å²) in [5.74, 6) is -0.281. The highest BCUT2D eigenvalue weighted by atomic mass is 16.7. The van der Waals surface area contributed by atoms with E-state index in [4.69, 9.17) is 9.47 Å². The third kappa shape index (κ3) is 21.7. The van der Waals surface area contributed by atoms with Crippen LogP contribution >= 0.6 is 0 Å². The van der Waals surface area contributed by atoms with E-state index in [1.165, 1.54) is 0 Å². The predicted octanol–water partition coefficient (Wildman–Crippen LogP) is 5.82. The summed E-state index contributed by atoms with van der Waals surface area (Å²) >= 11 is 0. The zero-order valence-electron chi connectivity index (χ0n) is 29.6. The molecule has 0 bridgehead atoms. The normalized spacial score (nSPS) is 23.6. The molecule has 1 heterocycles. The Kier molecular flexibility index (Phi) is 27.0. The second kappa shape index (κ2) is 30.0. The third-order valence-electron chi connectivity index (χ3n) is 7.64. The quantitative estimate of drug-likeness (QED) is 0.0493. The largest absolute Gasteiger partial charge is 0.394 e. The van der Waals surface area contributed by atoms with Crippen LogP contribution in [0.2, 0.25) is 0 Å². The van der Waals surface area contributed by atoms with Crippen molar-refractivity contribution in [1.29, 1.82) is 0 Å². The molecule has 0 aliphatic carbocycles. The maximum Gasteiger partial charge on any atom is 0.220 e. The Labute approximate surface area is 294 Å². The fraction of sp³-hybridized carbons (Fsp3) is 0.575. The van der Waals surface area contributed by atoms with Gasteiger partial charge in [0.2, 0.25) is 5.91 Å². The van der Waals surface area contributed by atoms with Crippen LogP contribution in [0.4, 0.5) is 0 Å². The molecule has 0 spiro atoms. The first-order valence-corrected chi connectivity index (χ1v) is 18.0. The number of unbranched alkanes of at least 4 members (excludes halogenated alkanes) is 2. The molecule has 9 nitrogen and oxygen atoms in total. The zero-order chi connectivity index (χ0) is 36.0. The molecule has 49 heavy (non-hydrogen) atoms. The molecule has 7 unspecified atom stereocenters. The Morgan fingerprint density at radius 1 is 0.694 bits per heavy atom. The predicted molar refractivity (Wildman–Crippen MR) is 198 cm³/mol. The van der Waals surface area contributed by atoms with Crippen molar-refractivity contribution in [3.8, 4) is 0 Å². The van der Waals surface area contributed by atoms with E-state index < -0.39 is 49.5 Å². The molecule has 7 atom stereocenters. The van der Waals surface area contributed by atoms with Crippen LogP contribution in [-0.2, 0) is 14.3 Å². The van der Waals surface area contributed by atoms with Crippen LogP contribution in [0, 0.1) is 0 Å². The number of ether oxygens (including phenoxy) is 2. The summed E-state index contributed by atoms with van der Waals surface area (Å²) in [6, 6.07) is -0.864. The van der Waals surface area contributed by atoms with Crippen molar-refractivity contribution < 1.29 is 39.8 Å². The van der Waals surface area contributed by atoms with Crippen molar-refractivity contribution in [3.63, 3.8) is 0 Å². The molecule has 0 aromatic carbocycles. The zero-order valence-corrected chi connectivity index (χ0v) is 29.6. The van der Waals surface area contributed by atoms with Gasteiger partial charge in [-0.1, -0.05) is 117 Å². The standard InChI is InChI=1S/C40H63NO8/c1-3-5-7-9-11-12-13-14-15-16-17-18-19-20-21-22-24-26-28-30-36(44)41-33(34(43)29-27-25-23-10-8-6-4-2)32-48-40-39(47)38(46)37(45)35(31-42)49-40/h5,7-8,10-12,14-15,17-18,20-21,24,26-27,29,33-35,37-40,42-43,45-47H,3-4,6,9,13,16,19,22-23,25,28,30-32H2,1-2H3,(H,41,44)/b7-5-,10-8+,12-11-,15-14-,18-17-,21-20-,26-24-,29-27+. The minimum atomic E-state index is -1.59. The van der Waals surface area contributed by atoms with E-state index in [2.05, 4.69) is 92.1 Å². The lowest BCUT2D eigenvalue weighted by Crippen LogP contribution is -2.60. The first-order chi connectivity index (χ1) is 23.8. The van der Waals surface area contributed by atoms with Crippen LogP contribution < -0.4 is 5.32 Å². The highest BCUT2D eigenvalue weighted by molar-refractivity contribution is 5.76. The van der Waals surface area contributed by atoms with E-state index in [1.807, 2.05) is 18.2 Å². The number of nitrogens with one attached hydrogen (secondary N) is 1. The number of allylic oxidation sites excluding steroid dienone is 15. The van der Waals surface area contributed by atoms with Crippen LogP contribution in [0.1, 0.15) is 90.9 Å². The van der Waals surface area contributed by atoms with Gasteiger partial charge >= 0.3 is 0 Å². The summed E-state index contributed by atoms with van der Waals surface area (Å²) in [4.78, 5) is 12.8. The van der Waals surface area contributed by atoms with Crippen LogP contribution in [0.5, 0.6) is 0 Å². The van der Waals surface area contributed by atoms with Gasteiger partial charge in [-0.2, -0.15) is 0 Å². The molecule has 276 valence electrons. The van der Waals surface area contributed by atoms with Crippen LogP contribution in [0.3, 0.4) is 0 Å². The summed E-state index contributed by atoms with van der Waals surface area (Å²) in [5, 5.41) is 53.5. The molecular weight excluding hydrogens is 622 g/mol. The fourth-order valence-electron chi connectivity index (χ4n) is 4.73. The molecule has 0 aromatic heterocycles. The number of hydrogen-bond donors (Lipinski definition) is 6. The number of hydrogen-bond acceptors (Lipinski definition) is 8. The van der Waals surface area contributed by atoms with Gasteiger partial charge in [-0.25, -0.2) is 0 Å². The smallest absolute Gasteiger partial charge is 0.220 e. The van der Waals surface area contributed by atoms with Crippen LogP contribution in [0.25, 0.3) is 0 Å². The van der Waals surface area contributed by atoms with Gasteiger partial charge in [0, 0.05) is 6.42 Å².